The van der Waals surface area contributed by atoms with Crippen LogP contribution >= 0.6 is 22.6 Å². The maximum Gasteiger partial charge on any atom is 0.227 e. The molecule has 30 heavy (non-hydrogen) atoms. The summed E-state index contributed by atoms with van der Waals surface area (Å²) in [4.78, 5) is 20.2. The number of carbonyl (C=O) groups is 1. The Morgan fingerprint density at radius 1 is 1.07 bits per heavy atom. The Labute approximate surface area is 195 Å². The molecule has 1 aromatic carbocycles. The lowest BCUT2D eigenvalue weighted by molar-refractivity contribution is -0.120. The summed E-state index contributed by atoms with van der Waals surface area (Å²) < 4.78 is 1.17. The second-order valence-electron chi connectivity index (χ2n) is 8.59. The van der Waals surface area contributed by atoms with E-state index in [0.717, 1.165) is 60.9 Å². The van der Waals surface area contributed by atoms with Crippen molar-refractivity contribution in [2.45, 2.75) is 70.6 Å². The van der Waals surface area contributed by atoms with Crippen LogP contribution in [0.4, 0.5) is 11.4 Å². The summed E-state index contributed by atoms with van der Waals surface area (Å²) in [6, 6.07) is 8.24. The van der Waals surface area contributed by atoms with E-state index >= 15 is 0 Å². The number of nitrogens with zero attached hydrogens (tertiary/aromatic N) is 2. The number of benzene rings is 1. The Morgan fingerprint density at radius 2 is 1.73 bits per heavy atom. The van der Waals surface area contributed by atoms with Gasteiger partial charge in [-0.3, -0.25) is 9.78 Å². The number of aromatic nitrogens is 1. The van der Waals surface area contributed by atoms with Crippen molar-refractivity contribution < 1.29 is 4.79 Å². The van der Waals surface area contributed by atoms with Crippen LogP contribution < -0.4 is 10.2 Å². The van der Waals surface area contributed by atoms with Crippen molar-refractivity contribution in [1.29, 1.82) is 0 Å². The normalized spacial score (nSPS) is 16.3. The first kappa shape index (κ1) is 23.3. The molecule has 1 saturated carbocycles. The van der Waals surface area contributed by atoms with E-state index < -0.39 is 0 Å². The summed E-state index contributed by atoms with van der Waals surface area (Å²) in [6.45, 7) is 0.976. The summed E-state index contributed by atoms with van der Waals surface area (Å²) in [6.07, 6.45) is 15.0. The fourth-order valence-corrected chi connectivity index (χ4v) is 5.03. The molecule has 0 radical (unpaired) electrons. The molecular weight excluding hydrogens is 485 g/mol. The van der Waals surface area contributed by atoms with Gasteiger partial charge in [0.25, 0.3) is 0 Å². The molecular formula is C25H36IN3O. The number of nitrogens with one attached hydrogen (secondary N) is 1. The van der Waals surface area contributed by atoms with Crippen LogP contribution in [0.3, 0.4) is 0 Å². The maximum atomic E-state index is 13.2. The number of carbonyl (C=O) groups excluding carboxylic acids is 1. The molecule has 0 saturated heterocycles. The quantitative estimate of drug-likeness (QED) is 0.243. The van der Waals surface area contributed by atoms with Gasteiger partial charge in [-0.2, -0.15) is 0 Å². The summed E-state index contributed by atoms with van der Waals surface area (Å²) in [7, 11) is 2.13. The van der Waals surface area contributed by atoms with Crippen LogP contribution in [0.15, 0.2) is 30.5 Å². The summed E-state index contributed by atoms with van der Waals surface area (Å²) in [5, 5.41) is 4.39. The predicted octanol–water partition coefficient (Wildman–Crippen LogP) is 6.97. The molecule has 1 amide bonds. The summed E-state index contributed by atoms with van der Waals surface area (Å²) in [5.41, 5.74) is 2.93. The van der Waals surface area contributed by atoms with Crippen molar-refractivity contribution in [2.75, 3.05) is 28.2 Å². The van der Waals surface area contributed by atoms with Gasteiger partial charge in [-0.15, -0.1) is 0 Å². The molecule has 1 fully saturated rings. The molecule has 1 aliphatic rings. The lowest BCUT2D eigenvalue weighted by Crippen LogP contribution is -2.26. The van der Waals surface area contributed by atoms with Gasteiger partial charge in [0.15, 0.2) is 0 Å². The van der Waals surface area contributed by atoms with Crippen molar-refractivity contribution in [3.05, 3.63) is 30.5 Å². The fraction of sp³-hybridized carbons (Fsp3) is 0.600. The van der Waals surface area contributed by atoms with Crippen LogP contribution in [0, 0.1) is 5.92 Å². The highest BCUT2D eigenvalue weighted by atomic mass is 127. The van der Waals surface area contributed by atoms with Crippen molar-refractivity contribution in [3.63, 3.8) is 0 Å². The Morgan fingerprint density at radius 3 is 2.43 bits per heavy atom. The van der Waals surface area contributed by atoms with Crippen molar-refractivity contribution in [2.24, 2.45) is 5.92 Å². The van der Waals surface area contributed by atoms with E-state index in [1.54, 1.807) is 0 Å². The molecule has 0 atom stereocenters. The number of hydrogen-bond acceptors (Lipinski definition) is 3. The summed E-state index contributed by atoms with van der Waals surface area (Å²) >= 11 is 2.44. The van der Waals surface area contributed by atoms with Gasteiger partial charge in [-0.1, -0.05) is 85.7 Å². The molecule has 0 bridgehead atoms. The average Bonchev–Trinajstić information content (AvgIpc) is 2.77. The molecule has 2 aromatic rings. The molecule has 4 nitrogen and oxygen atoms in total. The first-order chi connectivity index (χ1) is 14.7. The Balaban J connectivity index is 1.81. The van der Waals surface area contributed by atoms with Gasteiger partial charge in [-0.05, 0) is 36.2 Å². The third-order valence-electron chi connectivity index (χ3n) is 6.24. The number of alkyl halides is 1. The standard InChI is InChI=1S/C25H36IN3O/c1-29(18-12-11-17-26)24-21-15-9-10-16-22(21)27-19-23(24)28-25(30)20-13-7-5-3-2-4-6-8-14-20/h9-10,15-16,19-20H,2-8,11-14,17-18H2,1H3,(H,28,30). The Bertz CT molecular complexity index is 800. The van der Waals surface area contributed by atoms with Crippen molar-refractivity contribution in [1.82, 2.24) is 4.98 Å². The SMILES string of the molecule is CN(CCCCI)c1c(NC(=O)C2CCCCCCCCC2)cnc2ccccc12. The zero-order valence-corrected chi connectivity index (χ0v) is 20.5. The number of anilines is 2. The number of para-hydroxylation sites is 1. The van der Waals surface area contributed by atoms with E-state index in [-0.39, 0.29) is 11.8 Å². The number of pyridine rings is 1. The minimum atomic E-state index is 0.117. The molecule has 0 unspecified atom stereocenters. The van der Waals surface area contributed by atoms with Gasteiger partial charge in [-0.25, -0.2) is 0 Å². The van der Waals surface area contributed by atoms with Gasteiger partial charge in [0.05, 0.1) is 23.1 Å². The van der Waals surface area contributed by atoms with Gasteiger partial charge in [0.2, 0.25) is 5.91 Å². The number of amides is 1. The highest BCUT2D eigenvalue weighted by Gasteiger charge is 2.21. The molecule has 1 aliphatic carbocycles. The lowest BCUT2D eigenvalue weighted by atomic mass is 9.91. The Hall–Kier alpha value is -1.37. The van der Waals surface area contributed by atoms with Gasteiger partial charge in [0, 0.05) is 24.9 Å². The monoisotopic (exact) mass is 521 g/mol. The molecule has 0 aliphatic heterocycles. The van der Waals surface area contributed by atoms with Gasteiger partial charge < -0.3 is 10.2 Å². The minimum Gasteiger partial charge on any atom is -0.372 e. The molecule has 1 N–H and O–H groups in total. The van der Waals surface area contributed by atoms with Crippen LogP contribution in [-0.4, -0.2) is 28.9 Å². The molecule has 5 heteroatoms. The number of rotatable bonds is 7. The second kappa shape index (κ2) is 12.5. The number of hydrogen-bond donors (Lipinski definition) is 1. The third kappa shape index (κ3) is 6.56. The zero-order chi connectivity index (χ0) is 21.2. The molecule has 3 rings (SSSR count). The molecule has 1 heterocycles. The smallest absolute Gasteiger partial charge is 0.227 e. The maximum absolute atomic E-state index is 13.2. The van der Waals surface area contributed by atoms with Gasteiger partial charge in [0.1, 0.15) is 0 Å². The van der Waals surface area contributed by atoms with E-state index in [0.29, 0.717) is 0 Å². The van der Waals surface area contributed by atoms with Crippen molar-refractivity contribution >= 4 is 50.8 Å². The van der Waals surface area contributed by atoms with Gasteiger partial charge >= 0.3 is 0 Å². The molecule has 0 spiro atoms. The molecule has 1 aromatic heterocycles. The van der Waals surface area contributed by atoms with E-state index in [1.165, 1.54) is 43.0 Å². The Kier molecular flexibility index (Phi) is 9.69. The predicted molar refractivity (Wildman–Crippen MR) is 137 cm³/mol. The summed E-state index contributed by atoms with van der Waals surface area (Å²) in [5.74, 6) is 0.293. The number of fused-ring (bicyclic) bond motifs is 1. The van der Waals surface area contributed by atoms with Crippen molar-refractivity contribution in [3.8, 4) is 0 Å². The van der Waals surface area contributed by atoms with Crippen LogP contribution in [0.25, 0.3) is 10.9 Å². The highest BCUT2D eigenvalue weighted by Crippen LogP contribution is 2.34. The second-order valence-corrected chi connectivity index (χ2v) is 9.67. The minimum absolute atomic E-state index is 0.117. The van der Waals surface area contributed by atoms with Crippen LogP contribution in [-0.2, 0) is 4.79 Å². The van der Waals surface area contributed by atoms with E-state index in [1.807, 2.05) is 18.3 Å². The zero-order valence-electron chi connectivity index (χ0n) is 18.3. The van der Waals surface area contributed by atoms with Crippen LogP contribution in [0.2, 0.25) is 0 Å². The van der Waals surface area contributed by atoms with E-state index in [2.05, 4.69) is 57.0 Å². The first-order valence-corrected chi connectivity index (χ1v) is 13.2. The topological polar surface area (TPSA) is 45.2 Å². The lowest BCUT2D eigenvalue weighted by Gasteiger charge is -2.25. The molecule has 164 valence electrons. The average molecular weight is 521 g/mol. The van der Waals surface area contributed by atoms with E-state index in [9.17, 15) is 4.79 Å². The third-order valence-corrected chi connectivity index (χ3v) is 7.00. The number of halogens is 1. The first-order valence-electron chi connectivity index (χ1n) is 11.7. The van der Waals surface area contributed by atoms with E-state index in [4.69, 9.17) is 0 Å². The fourth-order valence-electron chi connectivity index (χ4n) is 4.49. The largest absolute Gasteiger partial charge is 0.372 e. The highest BCUT2D eigenvalue weighted by molar-refractivity contribution is 14.1. The number of unbranched alkanes of at least 4 members (excludes halogenated alkanes) is 1. The van der Waals surface area contributed by atoms with Crippen LogP contribution in [0.1, 0.15) is 70.6 Å². The van der Waals surface area contributed by atoms with Crippen LogP contribution in [0.5, 0.6) is 0 Å².